The molecule has 118 valence electrons. The van der Waals surface area contributed by atoms with Crippen LogP contribution in [0.4, 0.5) is 0 Å². The van der Waals surface area contributed by atoms with Crippen LogP contribution < -0.4 is 11.0 Å². The van der Waals surface area contributed by atoms with Crippen molar-refractivity contribution in [1.29, 1.82) is 0 Å². The Balaban J connectivity index is 0.00000192. The van der Waals surface area contributed by atoms with Crippen molar-refractivity contribution < 1.29 is 6.22 Å². The number of imidazole rings is 1. The van der Waals surface area contributed by atoms with Gasteiger partial charge in [0.2, 0.25) is 5.91 Å². The maximum absolute atomic E-state index is 12.7. The Morgan fingerprint density at radius 1 is 1.36 bits per heavy atom. The van der Waals surface area contributed by atoms with Crippen molar-refractivity contribution in [3.05, 3.63) is 46.5 Å². The Labute approximate surface area is 130 Å². The molecule has 0 bridgehead atoms. The highest BCUT2D eigenvalue weighted by molar-refractivity contribution is 5.87. The second-order valence-corrected chi connectivity index (χ2v) is 6.23. The van der Waals surface area contributed by atoms with Crippen molar-refractivity contribution in [2.24, 2.45) is 7.05 Å². The van der Waals surface area contributed by atoms with E-state index in [1.165, 1.54) is 0 Å². The number of aromatic nitrogens is 2. The molecule has 1 saturated heterocycles. The highest BCUT2D eigenvalue weighted by atomic mass is 16.2. The van der Waals surface area contributed by atoms with E-state index in [1.54, 1.807) is 16.2 Å². The van der Waals surface area contributed by atoms with E-state index in [4.69, 9.17) is 0 Å². The molecule has 1 N–H and O–H groups in total. The molecule has 0 unspecified atom stereocenters. The Kier molecular flexibility index (Phi) is 3.43. The monoisotopic (exact) mass is 301 g/mol. The van der Waals surface area contributed by atoms with Gasteiger partial charge in [0.1, 0.15) is 6.04 Å². The third kappa shape index (κ3) is 2.08. The average Bonchev–Trinajstić information content (AvgIpc) is 2.72. The summed E-state index contributed by atoms with van der Waals surface area (Å²) in [6.45, 7) is 8.01. The fourth-order valence-corrected chi connectivity index (χ4v) is 3.24. The summed E-state index contributed by atoms with van der Waals surface area (Å²) < 4.78 is 3.28. The van der Waals surface area contributed by atoms with Gasteiger partial charge in [0, 0.05) is 14.2 Å². The molecule has 1 aromatic carbocycles. The number of amides is 1. The molecule has 2 heterocycles. The van der Waals surface area contributed by atoms with Gasteiger partial charge in [-0.15, -0.1) is 0 Å². The average molecular weight is 301 g/mol. The molecule has 5 heteroatoms. The minimum Gasteiger partial charge on any atom is -0.329 e. The zero-order valence-electron chi connectivity index (χ0n) is 13.2. The Hall–Kier alpha value is -2.30. The van der Waals surface area contributed by atoms with Crippen LogP contribution in [0.2, 0.25) is 0 Å². The van der Waals surface area contributed by atoms with Gasteiger partial charge in [-0.1, -0.05) is 32.6 Å². The summed E-state index contributed by atoms with van der Waals surface area (Å²) in [6, 6.07) is 5.44. The van der Waals surface area contributed by atoms with Crippen LogP contribution in [0.15, 0.2) is 35.3 Å². The van der Waals surface area contributed by atoms with Gasteiger partial charge in [0.25, 0.3) is 0 Å². The van der Waals surface area contributed by atoms with Gasteiger partial charge in [0.05, 0.1) is 11.0 Å². The number of piperidine rings is 1. The fourth-order valence-electron chi connectivity index (χ4n) is 3.24. The van der Waals surface area contributed by atoms with Crippen LogP contribution in [-0.2, 0) is 11.8 Å². The molecule has 1 atom stereocenters. The molecule has 0 spiro atoms. The van der Waals surface area contributed by atoms with Crippen LogP contribution in [-0.4, -0.2) is 15.0 Å². The van der Waals surface area contributed by atoms with E-state index < -0.39 is 6.04 Å². The van der Waals surface area contributed by atoms with Crippen LogP contribution in [0, 0.1) is 0 Å². The second-order valence-electron chi connectivity index (χ2n) is 6.23. The number of allylic oxidation sites excluding steroid dienone is 1. The van der Waals surface area contributed by atoms with E-state index >= 15 is 0 Å². The van der Waals surface area contributed by atoms with Gasteiger partial charge in [-0.3, -0.25) is 13.9 Å². The van der Waals surface area contributed by atoms with Gasteiger partial charge in [-0.2, -0.15) is 0 Å². The molecule has 1 aromatic heterocycles. The van der Waals surface area contributed by atoms with Crippen LogP contribution in [0.25, 0.3) is 11.0 Å². The van der Waals surface area contributed by atoms with Gasteiger partial charge < -0.3 is 5.32 Å². The lowest BCUT2D eigenvalue weighted by Gasteiger charge is -2.24. The number of benzene rings is 1. The molecule has 1 aliphatic rings. The van der Waals surface area contributed by atoms with Crippen LogP contribution in [0.3, 0.4) is 0 Å². The summed E-state index contributed by atoms with van der Waals surface area (Å²) in [7, 11) is 1.77. The van der Waals surface area contributed by atoms with Crippen molar-refractivity contribution in [3.8, 4) is 0 Å². The molecule has 0 saturated carbocycles. The highest BCUT2D eigenvalue weighted by Gasteiger charge is 2.29. The Morgan fingerprint density at radius 3 is 2.73 bits per heavy atom. The Bertz CT molecular complexity index is 832. The van der Waals surface area contributed by atoms with E-state index in [0.29, 0.717) is 18.8 Å². The van der Waals surface area contributed by atoms with Crippen molar-refractivity contribution in [3.63, 3.8) is 0 Å². The lowest BCUT2D eigenvalue weighted by atomic mass is 10.0. The standard InChI is InChI=1S/C17H21N3O2.H2/c1-10(2)12-6-5-7-13-15(12)19(4)17(22)20(13)14-9-8-11(3)18-16(14)21;/h5-7,10,14H,3,8-9H2,1-2,4H3,(H,18,21);1H/t14-;/m1./s1. The number of carbonyl (C=O) groups excluding carboxylic acids is 1. The molecule has 1 fully saturated rings. The highest BCUT2D eigenvalue weighted by Crippen LogP contribution is 2.29. The minimum absolute atomic E-state index is 0. The topological polar surface area (TPSA) is 56.0 Å². The SMILES string of the molecule is C=C1CC[C@@H](n2c(=O)n(C)c3c(C(C)C)cccc32)C(=O)N1.[HH]. The summed E-state index contributed by atoms with van der Waals surface area (Å²) in [5.41, 5.74) is 3.44. The van der Waals surface area contributed by atoms with E-state index in [9.17, 15) is 9.59 Å². The van der Waals surface area contributed by atoms with E-state index in [1.807, 2.05) is 18.2 Å². The normalized spacial score (nSPS) is 19.0. The van der Waals surface area contributed by atoms with Crippen molar-refractivity contribution >= 4 is 16.9 Å². The summed E-state index contributed by atoms with van der Waals surface area (Å²) >= 11 is 0. The smallest absolute Gasteiger partial charge is 0.329 e. The van der Waals surface area contributed by atoms with Gasteiger partial charge >= 0.3 is 5.69 Å². The van der Waals surface area contributed by atoms with E-state index in [0.717, 1.165) is 22.3 Å². The van der Waals surface area contributed by atoms with Crippen LogP contribution in [0.1, 0.15) is 45.6 Å². The Morgan fingerprint density at radius 2 is 2.09 bits per heavy atom. The number of rotatable bonds is 2. The second kappa shape index (κ2) is 5.16. The molecule has 3 rings (SSSR count). The number of nitrogens with zero attached hydrogens (tertiary/aromatic N) is 2. The zero-order chi connectivity index (χ0) is 16.0. The van der Waals surface area contributed by atoms with Crippen molar-refractivity contribution in [2.45, 2.75) is 38.6 Å². The van der Waals surface area contributed by atoms with E-state index in [2.05, 4.69) is 25.7 Å². The molecular formula is C17H23N3O2. The number of carbonyl (C=O) groups is 1. The molecule has 1 aliphatic heterocycles. The first-order valence-electron chi connectivity index (χ1n) is 7.60. The fraction of sp³-hybridized carbons (Fsp3) is 0.412. The lowest BCUT2D eigenvalue weighted by molar-refractivity contribution is -0.124. The summed E-state index contributed by atoms with van der Waals surface area (Å²) in [6.07, 6.45) is 1.30. The predicted molar refractivity (Wildman–Crippen MR) is 88.9 cm³/mol. The molecular weight excluding hydrogens is 278 g/mol. The summed E-state index contributed by atoms with van der Waals surface area (Å²) in [5.74, 6) is 0.158. The quantitative estimate of drug-likeness (QED) is 0.927. The number of aryl methyl sites for hydroxylation is 1. The maximum Gasteiger partial charge on any atom is 0.329 e. The first kappa shape index (κ1) is 14.6. The van der Waals surface area contributed by atoms with Crippen LogP contribution in [0.5, 0.6) is 0 Å². The van der Waals surface area contributed by atoms with Crippen LogP contribution >= 0.6 is 0 Å². The number of fused-ring (bicyclic) bond motifs is 1. The molecule has 0 aliphatic carbocycles. The maximum atomic E-state index is 12.7. The number of nitrogens with one attached hydrogen (secondary N) is 1. The number of para-hydroxylation sites is 1. The number of hydrogen-bond donors (Lipinski definition) is 1. The molecule has 2 aromatic rings. The molecule has 0 radical (unpaired) electrons. The molecule has 5 nitrogen and oxygen atoms in total. The predicted octanol–water partition coefficient (Wildman–Crippen LogP) is 2.67. The largest absolute Gasteiger partial charge is 0.329 e. The van der Waals surface area contributed by atoms with Crippen molar-refractivity contribution in [1.82, 2.24) is 14.5 Å². The molecule has 22 heavy (non-hydrogen) atoms. The first-order chi connectivity index (χ1) is 10.4. The third-order valence-electron chi connectivity index (χ3n) is 4.39. The van der Waals surface area contributed by atoms with Crippen molar-refractivity contribution in [2.75, 3.05) is 0 Å². The van der Waals surface area contributed by atoms with Gasteiger partial charge in [0.15, 0.2) is 0 Å². The molecule has 1 amide bonds. The third-order valence-corrected chi connectivity index (χ3v) is 4.39. The first-order valence-corrected chi connectivity index (χ1v) is 7.60. The summed E-state index contributed by atoms with van der Waals surface area (Å²) in [4.78, 5) is 25.0. The van der Waals surface area contributed by atoms with Gasteiger partial charge in [-0.25, -0.2) is 4.79 Å². The zero-order valence-corrected chi connectivity index (χ0v) is 13.2. The van der Waals surface area contributed by atoms with E-state index in [-0.39, 0.29) is 13.0 Å². The minimum atomic E-state index is -0.468. The number of hydrogen-bond acceptors (Lipinski definition) is 2. The van der Waals surface area contributed by atoms with Gasteiger partial charge in [-0.05, 0) is 30.4 Å². The lowest BCUT2D eigenvalue weighted by Crippen LogP contribution is -2.40. The summed E-state index contributed by atoms with van der Waals surface area (Å²) in [5, 5.41) is 2.76.